The lowest BCUT2D eigenvalue weighted by atomic mass is 10.00. The van der Waals surface area contributed by atoms with Crippen molar-refractivity contribution in [3.05, 3.63) is 48.0 Å². The van der Waals surface area contributed by atoms with E-state index in [1.54, 1.807) is 4.90 Å². The van der Waals surface area contributed by atoms with Crippen LogP contribution in [0.25, 0.3) is 10.8 Å². The van der Waals surface area contributed by atoms with Crippen molar-refractivity contribution in [2.24, 2.45) is 0 Å². The fourth-order valence-electron chi connectivity index (χ4n) is 2.92. The molecule has 1 unspecified atom stereocenters. The van der Waals surface area contributed by atoms with Crippen molar-refractivity contribution in [1.29, 1.82) is 0 Å². The third kappa shape index (κ3) is 4.80. The van der Waals surface area contributed by atoms with E-state index in [4.69, 9.17) is 5.11 Å². The second kappa shape index (κ2) is 8.45. The smallest absolute Gasteiger partial charge is 0.317 e. The van der Waals surface area contributed by atoms with Gasteiger partial charge in [-0.15, -0.1) is 0 Å². The monoisotopic (exact) mass is 328 g/mol. The van der Waals surface area contributed by atoms with E-state index in [1.807, 2.05) is 56.3 Å². The molecule has 0 saturated heterocycles. The molecule has 0 aliphatic carbocycles. The van der Waals surface area contributed by atoms with Gasteiger partial charge in [-0.3, -0.25) is 14.5 Å². The summed E-state index contributed by atoms with van der Waals surface area (Å²) < 4.78 is 0. The van der Waals surface area contributed by atoms with Gasteiger partial charge in [0.15, 0.2) is 0 Å². The summed E-state index contributed by atoms with van der Waals surface area (Å²) in [7, 11) is 0. The Hall–Kier alpha value is -2.40. The number of rotatable bonds is 8. The molecule has 0 aromatic heterocycles. The minimum absolute atomic E-state index is 0.0925. The van der Waals surface area contributed by atoms with Crippen LogP contribution in [0.15, 0.2) is 42.5 Å². The maximum Gasteiger partial charge on any atom is 0.317 e. The van der Waals surface area contributed by atoms with Gasteiger partial charge in [0.25, 0.3) is 0 Å². The van der Waals surface area contributed by atoms with Gasteiger partial charge in [0.2, 0.25) is 5.91 Å². The summed E-state index contributed by atoms with van der Waals surface area (Å²) in [5.41, 5.74) is 1.06. The average molecular weight is 328 g/mol. The number of fused-ring (bicyclic) bond motifs is 1. The Balaban J connectivity index is 2.06. The van der Waals surface area contributed by atoms with Crippen LogP contribution < -0.4 is 5.32 Å². The number of carboxylic acid groups (broad SMARTS) is 1. The van der Waals surface area contributed by atoms with Crippen molar-refractivity contribution in [2.75, 3.05) is 19.6 Å². The molecule has 2 aromatic carbocycles. The van der Waals surface area contributed by atoms with Gasteiger partial charge < -0.3 is 10.4 Å². The van der Waals surface area contributed by atoms with Crippen LogP contribution in [0.4, 0.5) is 0 Å². The van der Waals surface area contributed by atoms with Crippen LogP contribution in [-0.2, 0) is 9.59 Å². The molecule has 0 radical (unpaired) electrons. The van der Waals surface area contributed by atoms with Gasteiger partial charge in [-0.05, 0) is 36.2 Å². The average Bonchev–Trinajstić information content (AvgIpc) is 2.53. The van der Waals surface area contributed by atoms with E-state index >= 15 is 0 Å². The van der Waals surface area contributed by atoms with Crippen molar-refractivity contribution in [3.8, 4) is 0 Å². The number of aliphatic carboxylic acids is 1. The fraction of sp³-hybridized carbons (Fsp3) is 0.368. The number of benzene rings is 2. The number of hydrogen-bond donors (Lipinski definition) is 2. The molecule has 0 bridgehead atoms. The van der Waals surface area contributed by atoms with Crippen LogP contribution in [0.2, 0.25) is 0 Å². The molecule has 24 heavy (non-hydrogen) atoms. The third-order valence-corrected chi connectivity index (χ3v) is 3.93. The first kappa shape index (κ1) is 17.9. The molecular formula is C19H24N2O3. The molecule has 0 fully saturated rings. The van der Waals surface area contributed by atoms with E-state index in [9.17, 15) is 9.59 Å². The lowest BCUT2D eigenvalue weighted by Crippen LogP contribution is -2.40. The van der Waals surface area contributed by atoms with Crippen LogP contribution in [-0.4, -0.2) is 41.5 Å². The zero-order chi connectivity index (χ0) is 17.5. The van der Waals surface area contributed by atoms with E-state index in [-0.39, 0.29) is 25.0 Å². The maximum absolute atomic E-state index is 12.3. The molecule has 0 saturated carbocycles. The number of carboxylic acids is 1. The SMILES string of the molecule is CCCN(CC(=O)O)CC(=O)NC(C)c1cccc2ccccc12. The molecule has 2 aromatic rings. The van der Waals surface area contributed by atoms with Gasteiger partial charge >= 0.3 is 5.97 Å². The second-order valence-electron chi connectivity index (χ2n) is 5.96. The van der Waals surface area contributed by atoms with Crippen LogP contribution >= 0.6 is 0 Å². The Labute approximate surface area is 142 Å². The quantitative estimate of drug-likeness (QED) is 0.782. The molecule has 0 aliphatic heterocycles. The molecule has 1 atom stereocenters. The highest BCUT2D eigenvalue weighted by Crippen LogP contribution is 2.23. The number of carbonyl (C=O) groups excluding carboxylic acids is 1. The lowest BCUT2D eigenvalue weighted by Gasteiger charge is -2.21. The van der Waals surface area contributed by atoms with E-state index in [1.165, 1.54) is 0 Å². The Bertz CT molecular complexity index is 709. The highest BCUT2D eigenvalue weighted by Gasteiger charge is 2.16. The molecule has 0 spiro atoms. The summed E-state index contributed by atoms with van der Waals surface area (Å²) in [6.07, 6.45) is 0.805. The summed E-state index contributed by atoms with van der Waals surface area (Å²) in [4.78, 5) is 24.8. The van der Waals surface area contributed by atoms with Gasteiger partial charge in [-0.1, -0.05) is 49.4 Å². The molecule has 2 N–H and O–H groups in total. The first-order chi connectivity index (χ1) is 11.5. The van der Waals surface area contributed by atoms with Gasteiger partial charge in [0.1, 0.15) is 0 Å². The van der Waals surface area contributed by atoms with Crippen molar-refractivity contribution in [2.45, 2.75) is 26.3 Å². The Kier molecular flexibility index (Phi) is 6.32. The number of amides is 1. The van der Waals surface area contributed by atoms with E-state index in [0.717, 1.165) is 22.8 Å². The molecular weight excluding hydrogens is 304 g/mol. The highest BCUT2D eigenvalue weighted by atomic mass is 16.4. The van der Waals surface area contributed by atoms with Gasteiger partial charge in [-0.2, -0.15) is 0 Å². The predicted molar refractivity (Wildman–Crippen MR) is 94.9 cm³/mol. The van der Waals surface area contributed by atoms with Crippen molar-refractivity contribution in [3.63, 3.8) is 0 Å². The number of hydrogen-bond acceptors (Lipinski definition) is 3. The largest absolute Gasteiger partial charge is 0.480 e. The normalized spacial score (nSPS) is 12.3. The summed E-state index contributed by atoms with van der Waals surface area (Å²) in [6.45, 7) is 4.47. The van der Waals surface area contributed by atoms with Gasteiger partial charge in [-0.25, -0.2) is 0 Å². The van der Waals surface area contributed by atoms with Crippen molar-refractivity contribution < 1.29 is 14.7 Å². The third-order valence-electron chi connectivity index (χ3n) is 3.93. The predicted octanol–water partition coefficient (Wildman–Crippen LogP) is 2.81. The molecule has 5 nitrogen and oxygen atoms in total. The summed E-state index contributed by atoms with van der Waals surface area (Å²) in [5, 5.41) is 14.2. The summed E-state index contributed by atoms with van der Waals surface area (Å²) >= 11 is 0. The van der Waals surface area contributed by atoms with Crippen molar-refractivity contribution in [1.82, 2.24) is 10.2 Å². The standard InChI is InChI=1S/C19H24N2O3/c1-3-11-21(13-19(23)24)12-18(22)20-14(2)16-10-6-8-15-7-4-5-9-17(15)16/h4-10,14H,3,11-13H2,1-2H3,(H,20,22)(H,23,24). The van der Waals surface area contributed by atoms with Crippen LogP contribution in [0.1, 0.15) is 31.9 Å². The fourth-order valence-corrected chi connectivity index (χ4v) is 2.92. The maximum atomic E-state index is 12.3. The topological polar surface area (TPSA) is 69.6 Å². The zero-order valence-corrected chi connectivity index (χ0v) is 14.2. The Morgan fingerprint density at radius 1 is 1.12 bits per heavy atom. The number of carbonyl (C=O) groups is 2. The van der Waals surface area contributed by atoms with Crippen LogP contribution in [0.3, 0.4) is 0 Å². The number of nitrogens with zero attached hydrogens (tertiary/aromatic N) is 1. The first-order valence-electron chi connectivity index (χ1n) is 8.22. The highest BCUT2D eigenvalue weighted by molar-refractivity contribution is 5.87. The van der Waals surface area contributed by atoms with Crippen LogP contribution in [0, 0.1) is 0 Å². The molecule has 2 rings (SSSR count). The number of nitrogens with one attached hydrogen (secondary N) is 1. The Morgan fingerprint density at radius 2 is 1.83 bits per heavy atom. The Morgan fingerprint density at radius 3 is 2.54 bits per heavy atom. The van der Waals surface area contributed by atoms with E-state index in [0.29, 0.717) is 6.54 Å². The van der Waals surface area contributed by atoms with E-state index < -0.39 is 5.97 Å². The first-order valence-corrected chi connectivity index (χ1v) is 8.22. The van der Waals surface area contributed by atoms with Crippen LogP contribution in [0.5, 0.6) is 0 Å². The summed E-state index contributed by atoms with van der Waals surface area (Å²) in [5.74, 6) is -1.08. The lowest BCUT2D eigenvalue weighted by molar-refractivity contribution is -0.138. The van der Waals surface area contributed by atoms with Gasteiger partial charge in [0.05, 0.1) is 19.1 Å². The van der Waals surface area contributed by atoms with Crippen molar-refractivity contribution >= 4 is 22.6 Å². The minimum atomic E-state index is -0.918. The molecule has 0 aliphatic rings. The van der Waals surface area contributed by atoms with Gasteiger partial charge in [0, 0.05) is 0 Å². The zero-order valence-electron chi connectivity index (χ0n) is 14.2. The minimum Gasteiger partial charge on any atom is -0.480 e. The summed E-state index contributed by atoms with van der Waals surface area (Å²) in [6, 6.07) is 14.0. The molecule has 5 heteroatoms. The molecule has 1 amide bonds. The molecule has 128 valence electrons. The molecule has 0 heterocycles. The van der Waals surface area contributed by atoms with E-state index in [2.05, 4.69) is 5.32 Å². The second-order valence-corrected chi connectivity index (χ2v) is 5.96.